The molecule has 94 valence electrons. The van der Waals surface area contributed by atoms with Gasteiger partial charge in [0.2, 0.25) is 5.88 Å². The minimum atomic E-state index is -0.0796. The number of rotatable bonds is 6. The van der Waals surface area contributed by atoms with E-state index in [2.05, 4.69) is 17.3 Å². The molecule has 1 N–H and O–H groups in total. The highest BCUT2D eigenvalue weighted by Gasteiger charge is 2.21. The van der Waals surface area contributed by atoms with Gasteiger partial charge in [-0.05, 0) is 25.3 Å². The van der Waals surface area contributed by atoms with Crippen molar-refractivity contribution in [1.29, 1.82) is 0 Å². The predicted octanol–water partition coefficient (Wildman–Crippen LogP) is 0.640. The van der Waals surface area contributed by atoms with E-state index in [1.54, 1.807) is 13.2 Å². The topological polar surface area (TPSA) is 56.1 Å². The number of nitrogens with zero attached hydrogens (tertiary/aromatic N) is 2. The first kappa shape index (κ1) is 12.1. The molecule has 2 rings (SSSR count). The molecular formula is C12H19N3O2. The van der Waals surface area contributed by atoms with Crippen molar-refractivity contribution in [1.82, 2.24) is 15.1 Å². The van der Waals surface area contributed by atoms with Gasteiger partial charge in [-0.3, -0.25) is 4.79 Å². The number of hydrogen-bond acceptors (Lipinski definition) is 4. The maximum atomic E-state index is 11.6. The van der Waals surface area contributed by atoms with E-state index in [1.807, 2.05) is 0 Å². The van der Waals surface area contributed by atoms with E-state index in [9.17, 15) is 4.79 Å². The van der Waals surface area contributed by atoms with Crippen molar-refractivity contribution in [2.75, 3.05) is 13.7 Å². The zero-order chi connectivity index (χ0) is 12.3. The van der Waals surface area contributed by atoms with Crippen molar-refractivity contribution in [2.45, 2.75) is 32.4 Å². The van der Waals surface area contributed by atoms with Crippen molar-refractivity contribution in [3.63, 3.8) is 0 Å². The third-order valence-electron chi connectivity index (χ3n) is 2.87. The normalized spacial score (nSPS) is 16.8. The first-order valence-corrected chi connectivity index (χ1v) is 6.04. The van der Waals surface area contributed by atoms with Crippen LogP contribution in [0.15, 0.2) is 16.9 Å². The molecule has 1 aliphatic rings. The lowest BCUT2D eigenvalue weighted by atomic mass is 10.2. The van der Waals surface area contributed by atoms with Gasteiger partial charge in [0.15, 0.2) is 0 Å². The van der Waals surface area contributed by atoms with Crippen LogP contribution >= 0.6 is 0 Å². The molecule has 1 fully saturated rings. The number of aromatic nitrogens is 2. The Bertz CT molecular complexity index is 426. The van der Waals surface area contributed by atoms with Crippen LogP contribution < -0.4 is 15.6 Å². The summed E-state index contributed by atoms with van der Waals surface area (Å²) < 4.78 is 6.48. The zero-order valence-electron chi connectivity index (χ0n) is 10.3. The van der Waals surface area contributed by atoms with Gasteiger partial charge in [-0.1, -0.05) is 6.92 Å². The minimum Gasteiger partial charge on any atom is -0.480 e. The third kappa shape index (κ3) is 3.56. The second-order valence-corrected chi connectivity index (χ2v) is 4.68. The SMILES string of the molecule is COc1ccc(=O)n(CC(C)CNC2CC2)n1. The monoisotopic (exact) mass is 237 g/mol. The van der Waals surface area contributed by atoms with Crippen molar-refractivity contribution < 1.29 is 4.74 Å². The Kier molecular flexibility index (Phi) is 3.78. The average Bonchev–Trinajstić information content (AvgIpc) is 3.13. The molecule has 1 heterocycles. The van der Waals surface area contributed by atoms with Gasteiger partial charge in [-0.25, -0.2) is 4.68 Å². The second-order valence-electron chi connectivity index (χ2n) is 4.68. The summed E-state index contributed by atoms with van der Waals surface area (Å²) in [4.78, 5) is 11.6. The standard InChI is InChI=1S/C12H19N3O2/c1-9(7-13-10-3-4-10)8-15-12(16)6-5-11(14-15)17-2/h5-6,9-10,13H,3-4,7-8H2,1-2H3. The molecule has 0 radical (unpaired) electrons. The van der Waals surface area contributed by atoms with E-state index < -0.39 is 0 Å². The molecule has 1 unspecified atom stereocenters. The van der Waals surface area contributed by atoms with Crippen LogP contribution in [0.3, 0.4) is 0 Å². The van der Waals surface area contributed by atoms with Gasteiger partial charge in [0.05, 0.1) is 7.11 Å². The molecule has 0 spiro atoms. The predicted molar refractivity (Wildman–Crippen MR) is 65.2 cm³/mol. The van der Waals surface area contributed by atoms with E-state index in [0.29, 0.717) is 24.4 Å². The first-order chi connectivity index (χ1) is 8.19. The van der Waals surface area contributed by atoms with Gasteiger partial charge >= 0.3 is 0 Å². The lowest BCUT2D eigenvalue weighted by Crippen LogP contribution is -2.30. The van der Waals surface area contributed by atoms with Crippen LogP contribution in [0.5, 0.6) is 5.88 Å². The molecule has 1 aliphatic carbocycles. The van der Waals surface area contributed by atoms with Crippen LogP contribution in [0.2, 0.25) is 0 Å². The number of ether oxygens (including phenoxy) is 1. The number of nitrogens with one attached hydrogen (secondary N) is 1. The first-order valence-electron chi connectivity index (χ1n) is 6.04. The van der Waals surface area contributed by atoms with Gasteiger partial charge in [0, 0.05) is 24.7 Å². The van der Waals surface area contributed by atoms with Crippen molar-refractivity contribution in [3.8, 4) is 5.88 Å². The van der Waals surface area contributed by atoms with Crippen LogP contribution in [-0.2, 0) is 6.54 Å². The molecule has 5 heteroatoms. The average molecular weight is 237 g/mol. The number of hydrogen-bond donors (Lipinski definition) is 1. The highest BCUT2D eigenvalue weighted by molar-refractivity contribution is 5.06. The third-order valence-corrected chi connectivity index (χ3v) is 2.87. The van der Waals surface area contributed by atoms with Gasteiger partial charge in [0.1, 0.15) is 0 Å². The smallest absolute Gasteiger partial charge is 0.266 e. The fourth-order valence-electron chi connectivity index (χ4n) is 1.68. The molecule has 1 aromatic rings. The molecule has 17 heavy (non-hydrogen) atoms. The molecule has 0 amide bonds. The van der Waals surface area contributed by atoms with E-state index in [-0.39, 0.29) is 5.56 Å². The van der Waals surface area contributed by atoms with E-state index >= 15 is 0 Å². The maximum Gasteiger partial charge on any atom is 0.266 e. The summed E-state index contributed by atoms with van der Waals surface area (Å²) >= 11 is 0. The Hall–Kier alpha value is -1.36. The molecule has 1 aromatic heterocycles. The van der Waals surface area contributed by atoms with Crippen molar-refractivity contribution in [2.24, 2.45) is 5.92 Å². The van der Waals surface area contributed by atoms with Gasteiger partial charge in [-0.15, -0.1) is 5.10 Å². The van der Waals surface area contributed by atoms with Crippen LogP contribution in [0.4, 0.5) is 0 Å². The maximum absolute atomic E-state index is 11.6. The summed E-state index contributed by atoms with van der Waals surface area (Å²) in [5.41, 5.74) is -0.0796. The van der Waals surface area contributed by atoms with Crippen LogP contribution in [0.25, 0.3) is 0 Å². The molecule has 0 bridgehead atoms. The van der Waals surface area contributed by atoms with Crippen molar-refractivity contribution in [3.05, 3.63) is 22.5 Å². The Morgan fingerprint density at radius 1 is 1.59 bits per heavy atom. The molecule has 5 nitrogen and oxygen atoms in total. The highest BCUT2D eigenvalue weighted by Crippen LogP contribution is 2.18. The Balaban J connectivity index is 1.93. The fraction of sp³-hybridized carbons (Fsp3) is 0.667. The molecular weight excluding hydrogens is 218 g/mol. The van der Waals surface area contributed by atoms with Crippen LogP contribution in [-0.4, -0.2) is 29.5 Å². The fourth-order valence-corrected chi connectivity index (χ4v) is 1.68. The molecule has 1 atom stereocenters. The Labute approximate surface area is 101 Å². The lowest BCUT2D eigenvalue weighted by molar-refractivity contribution is 0.354. The summed E-state index contributed by atoms with van der Waals surface area (Å²) in [5.74, 6) is 0.861. The summed E-state index contributed by atoms with van der Waals surface area (Å²) in [6.45, 7) is 3.66. The summed E-state index contributed by atoms with van der Waals surface area (Å²) in [6.07, 6.45) is 2.56. The lowest BCUT2D eigenvalue weighted by Gasteiger charge is -2.13. The number of methoxy groups -OCH3 is 1. The minimum absolute atomic E-state index is 0.0796. The Morgan fingerprint density at radius 2 is 2.35 bits per heavy atom. The Morgan fingerprint density at radius 3 is 3.00 bits per heavy atom. The quantitative estimate of drug-likeness (QED) is 0.789. The van der Waals surface area contributed by atoms with Crippen LogP contribution in [0.1, 0.15) is 19.8 Å². The van der Waals surface area contributed by atoms with E-state index in [0.717, 1.165) is 6.54 Å². The van der Waals surface area contributed by atoms with Gasteiger partial charge in [-0.2, -0.15) is 0 Å². The largest absolute Gasteiger partial charge is 0.480 e. The summed E-state index contributed by atoms with van der Waals surface area (Å²) in [5, 5.41) is 7.58. The summed E-state index contributed by atoms with van der Waals surface area (Å²) in [7, 11) is 1.55. The molecule has 0 aromatic carbocycles. The van der Waals surface area contributed by atoms with E-state index in [1.165, 1.54) is 23.6 Å². The highest BCUT2D eigenvalue weighted by atomic mass is 16.5. The molecule has 1 saturated carbocycles. The van der Waals surface area contributed by atoms with E-state index in [4.69, 9.17) is 4.74 Å². The molecule has 0 aliphatic heterocycles. The summed E-state index contributed by atoms with van der Waals surface area (Å²) in [6, 6.07) is 3.78. The van der Waals surface area contributed by atoms with Gasteiger partial charge < -0.3 is 10.1 Å². The zero-order valence-corrected chi connectivity index (χ0v) is 10.3. The van der Waals surface area contributed by atoms with Gasteiger partial charge in [0.25, 0.3) is 5.56 Å². The second kappa shape index (κ2) is 5.31. The van der Waals surface area contributed by atoms with Crippen LogP contribution in [0, 0.1) is 5.92 Å². The van der Waals surface area contributed by atoms with Crippen molar-refractivity contribution >= 4 is 0 Å². The molecule has 0 saturated heterocycles.